The van der Waals surface area contributed by atoms with Crippen molar-refractivity contribution in [3.05, 3.63) is 21.3 Å². The van der Waals surface area contributed by atoms with Gasteiger partial charge in [0.25, 0.3) is 0 Å². The van der Waals surface area contributed by atoms with Gasteiger partial charge in [0, 0.05) is 32.1 Å². The molecule has 0 radical (unpaired) electrons. The van der Waals surface area contributed by atoms with E-state index >= 15 is 0 Å². The maximum atomic E-state index is 11.5. The van der Waals surface area contributed by atoms with E-state index in [1.54, 1.807) is 11.3 Å². The molecule has 20 heavy (non-hydrogen) atoms. The van der Waals surface area contributed by atoms with Crippen LogP contribution in [0.3, 0.4) is 0 Å². The van der Waals surface area contributed by atoms with Crippen molar-refractivity contribution in [2.45, 2.75) is 38.3 Å². The van der Waals surface area contributed by atoms with Crippen molar-refractivity contribution in [1.29, 1.82) is 0 Å². The fraction of sp³-hybridized carbons (Fsp3) is 0.643. The molecule has 1 unspecified atom stereocenters. The summed E-state index contributed by atoms with van der Waals surface area (Å²) in [4.78, 5) is 14.0. The second-order valence-corrected chi connectivity index (χ2v) is 6.70. The van der Waals surface area contributed by atoms with Crippen molar-refractivity contribution in [3.8, 4) is 0 Å². The van der Waals surface area contributed by atoms with Crippen LogP contribution >= 0.6 is 22.9 Å². The van der Waals surface area contributed by atoms with Gasteiger partial charge >= 0.3 is 0 Å². The van der Waals surface area contributed by atoms with Gasteiger partial charge < -0.3 is 11.1 Å². The number of hydrogen-bond donors (Lipinski definition) is 2. The predicted octanol–water partition coefficient (Wildman–Crippen LogP) is 2.22. The van der Waals surface area contributed by atoms with Crippen LogP contribution in [0.4, 0.5) is 0 Å². The molecule has 3 N–H and O–H groups in total. The highest BCUT2D eigenvalue weighted by Crippen LogP contribution is 2.26. The van der Waals surface area contributed by atoms with Crippen LogP contribution in [-0.2, 0) is 11.3 Å². The lowest BCUT2D eigenvalue weighted by atomic mass is 10.0. The van der Waals surface area contributed by atoms with Crippen LogP contribution < -0.4 is 11.1 Å². The van der Waals surface area contributed by atoms with E-state index in [1.165, 1.54) is 18.4 Å². The van der Waals surface area contributed by atoms with Gasteiger partial charge in [-0.15, -0.1) is 11.3 Å². The molecule has 0 aliphatic carbocycles. The first-order valence-electron chi connectivity index (χ1n) is 7.13. The molecule has 6 heteroatoms. The molecule has 1 aliphatic heterocycles. The summed E-state index contributed by atoms with van der Waals surface area (Å²) in [5.41, 5.74) is 6.58. The Hall–Kier alpha value is -0.620. The quantitative estimate of drug-likeness (QED) is 0.846. The highest BCUT2D eigenvalue weighted by Gasteiger charge is 2.23. The lowest BCUT2D eigenvalue weighted by Gasteiger charge is -2.35. The summed E-state index contributed by atoms with van der Waals surface area (Å²) in [6.45, 7) is 3.06. The molecule has 1 fully saturated rings. The van der Waals surface area contributed by atoms with Crippen LogP contribution in [0.2, 0.25) is 4.34 Å². The van der Waals surface area contributed by atoms with Gasteiger partial charge in [0.15, 0.2) is 0 Å². The number of nitrogens with two attached hydrogens (primary N) is 1. The summed E-state index contributed by atoms with van der Waals surface area (Å²) < 4.78 is 0.876. The maximum Gasteiger partial charge on any atom is 0.221 e. The van der Waals surface area contributed by atoms with E-state index in [0.717, 1.165) is 23.8 Å². The van der Waals surface area contributed by atoms with Crippen molar-refractivity contribution in [1.82, 2.24) is 10.2 Å². The third-order valence-corrected chi connectivity index (χ3v) is 4.97. The number of thiophene rings is 1. The number of nitrogens with zero attached hydrogens (tertiary/aromatic N) is 1. The third kappa shape index (κ3) is 4.45. The fourth-order valence-electron chi connectivity index (χ4n) is 2.60. The number of likely N-dealkylation sites (tertiary alicyclic amines) is 1. The molecule has 112 valence electrons. The van der Waals surface area contributed by atoms with Crippen molar-refractivity contribution >= 4 is 28.8 Å². The zero-order chi connectivity index (χ0) is 14.4. The molecule has 2 heterocycles. The lowest BCUT2D eigenvalue weighted by molar-refractivity contribution is -0.121. The number of amides is 1. The van der Waals surface area contributed by atoms with E-state index in [4.69, 9.17) is 17.3 Å². The second-order valence-electron chi connectivity index (χ2n) is 5.18. The van der Waals surface area contributed by atoms with Crippen LogP contribution in [0.25, 0.3) is 0 Å². The predicted molar refractivity (Wildman–Crippen MR) is 84.1 cm³/mol. The number of piperidine rings is 1. The third-order valence-electron chi connectivity index (χ3n) is 3.72. The van der Waals surface area contributed by atoms with E-state index in [2.05, 4.69) is 16.3 Å². The van der Waals surface area contributed by atoms with Crippen LogP contribution in [0, 0.1) is 0 Å². The first-order chi connectivity index (χ1) is 9.70. The Morgan fingerprint density at radius 1 is 1.55 bits per heavy atom. The first-order valence-corrected chi connectivity index (χ1v) is 8.39. The average Bonchev–Trinajstić information content (AvgIpc) is 2.84. The molecular weight excluding hydrogens is 294 g/mol. The van der Waals surface area contributed by atoms with E-state index in [9.17, 15) is 4.79 Å². The first kappa shape index (κ1) is 15.8. The molecule has 1 aromatic heterocycles. The standard InChI is InChI=1S/C14H22ClN3OS/c15-14-11(5-8-20-14)10-18-7-2-1-3-12(18)9-17-13(19)4-6-16/h5,8,12H,1-4,6-7,9-10,16H2,(H,17,19). The Labute approximate surface area is 129 Å². The van der Waals surface area contributed by atoms with Crippen molar-refractivity contribution in [3.63, 3.8) is 0 Å². The largest absolute Gasteiger partial charge is 0.354 e. The van der Waals surface area contributed by atoms with Gasteiger partial charge in [-0.3, -0.25) is 9.69 Å². The number of hydrogen-bond acceptors (Lipinski definition) is 4. The van der Waals surface area contributed by atoms with E-state index in [-0.39, 0.29) is 5.91 Å². The highest BCUT2D eigenvalue weighted by molar-refractivity contribution is 7.14. The molecule has 0 bridgehead atoms. The number of rotatable bonds is 6. The Balaban J connectivity index is 1.88. The summed E-state index contributed by atoms with van der Waals surface area (Å²) in [6, 6.07) is 2.49. The van der Waals surface area contributed by atoms with Crippen LogP contribution in [0.1, 0.15) is 31.2 Å². The Bertz CT molecular complexity index is 438. The highest BCUT2D eigenvalue weighted by atomic mass is 35.5. The smallest absolute Gasteiger partial charge is 0.221 e. The van der Waals surface area contributed by atoms with Gasteiger partial charge in [-0.2, -0.15) is 0 Å². The molecule has 1 aliphatic rings. The lowest BCUT2D eigenvalue weighted by Crippen LogP contribution is -2.46. The van der Waals surface area contributed by atoms with Gasteiger partial charge in [0.1, 0.15) is 0 Å². The summed E-state index contributed by atoms with van der Waals surface area (Å²) in [6.07, 6.45) is 3.98. The van der Waals surface area contributed by atoms with Crippen LogP contribution in [-0.4, -0.2) is 36.5 Å². The second kappa shape index (κ2) is 7.98. The zero-order valence-electron chi connectivity index (χ0n) is 11.6. The Morgan fingerprint density at radius 2 is 2.40 bits per heavy atom. The van der Waals surface area contributed by atoms with E-state index in [1.807, 2.05) is 5.38 Å². The molecule has 4 nitrogen and oxygen atoms in total. The topological polar surface area (TPSA) is 58.4 Å². The molecule has 2 rings (SSSR count). The minimum absolute atomic E-state index is 0.0478. The van der Waals surface area contributed by atoms with Gasteiger partial charge in [0.05, 0.1) is 4.34 Å². The van der Waals surface area contributed by atoms with Crippen LogP contribution in [0.5, 0.6) is 0 Å². The number of carbonyl (C=O) groups excluding carboxylic acids is 1. The SMILES string of the molecule is NCCC(=O)NCC1CCCCN1Cc1ccsc1Cl. The fourth-order valence-corrected chi connectivity index (χ4v) is 3.51. The monoisotopic (exact) mass is 315 g/mol. The van der Waals surface area contributed by atoms with Gasteiger partial charge in [-0.05, 0) is 36.4 Å². The normalized spacial score (nSPS) is 20.0. The molecular formula is C14H22ClN3OS. The average molecular weight is 316 g/mol. The zero-order valence-corrected chi connectivity index (χ0v) is 13.2. The molecule has 1 atom stereocenters. The van der Waals surface area contributed by atoms with Gasteiger partial charge in [-0.1, -0.05) is 18.0 Å². The minimum Gasteiger partial charge on any atom is -0.354 e. The molecule has 0 spiro atoms. The molecule has 0 aromatic carbocycles. The van der Waals surface area contributed by atoms with Crippen molar-refractivity contribution < 1.29 is 4.79 Å². The van der Waals surface area contributed by atoms with Gasteiger partial charge in [-0.25, -0.2) is 0 Å². The van der Waals surface area contributed by atoms with Crippen molar-refractivity contribution in [2.75, 3.05) is 19.6 Å². The number of carbonyl (C=O) groups is 1. The number of nitrogens with one attached hydrogen (secondary N) is 1. The van der Waals surface area contributed by atoms with Gasteiger partial charge in [0.2, 0.25) is 5.91 Å². The summed E-state index contributed by atoms with van der Waals surface area (Å²) in [7, 11) is 0. The van der Waals surface area contributed by atoms with E-state index < -0.39 is 0 Å². The number of halogens is 1. The van der Waals surface area contributed by atoms with Crippen molar-refractivity contribution in [2.24, 2.45) is 5.73 Å². The minimum atomic E-state index is 0.0478. The Morgan fingerprint density at radius 3 is 3.10 bits per heavy atom. The summed E-state index contributed by atoms with van der Waals surface area (Å²) in [5.74, 6) is 0.0478. The molecule has 1 amide bonds. The Kier molecular flexibility index (Phi) is 6.29. The molecule has 0 saturated carbocycles. The molecule has 1 aromatic rings. The maximum absolute atomic E-state index is 11.5. The summed E-state index contributed by atoms with van der Waals surface area (Å²) >= 11 is 7.76. The van der Waals surface area contributed by atoms with E-state index in [0.29, 0.717) is 25.6 Å². The molecule has 1 saturated heterocycles. The summed E-state index contributed by atoms with van der Waals surface area (Å²) in [5, 5.41) is 5.01. The van der Waals surface area contributed by atoms with Crippen LogP contribution in [0.15, 0.2) is 11.4 Å².